The molecule has 0 aliphatic rings. The quantitative estimate of drug-likeness (QED) is 0.867. The summed E-state index contributed by atoms with van der Waals surface area (Å²) < 4.78 is 5.96. The Labute approximate surface area is 103 Å². The van der Waals surface area contributed by atoms with Gasteiger partial charge in [0.25, 0.3) is 0 Å². The Balaban J connectivity index is 2.51. The molecule has 0 saturated carbocycles. The van der Waals surface area contributed by atoms with E-state index in [9.17, 15) is 4.79 Å². The number of nitrogens with two attached hydrogens (primary N) is 1. The Hall–Kier alpha value is -0.910. The van der Waals surface area contributed by atoms with Gasteiger partial charge < -0.3 is 15.8 Å². The van der Waals surface area contributed by atoms with Gasteiger partial charge in [0.05, 0.1) is 12.5 Å². The third-order valence-electron chi connectivity index (χ3n) is 2.12. The van der Waals surface area contributed by atoms with E-state index in [1.54, 1.807) is 7.11 Å². The highest BCUT2D eigenvalue weighted by Gasteiger charge is 2.11. The standard InChI is InChI=1S/C11H15BrN2O2/c1-16-10(7-13)6-11(15)14-9-4-2-3-8(12)5-9/h2-5,10H,6-7,13H2,1H3,(H,14,15). The zero-order valence-corrected chi connectivity index (χ0v) is 10.7. The zero-order valence-electron chi connectivity index (χ0n) is 9.07. The Morgan fingerprint density at radius 2 is 2.38 bits per heavy atom. The molecule has 0 aromatic heterocycles. The number of halogens is 1. The van der Waals surface area contributed by atoms with Gasteiger partial charge in [-0.1, -0.05) is 22.0 Å². The third kappa shape index (κ3) is 4.30. The maximum atomic E-state index is 11.6. The van der Waals surface area contributed by atoms with Crippen LogP contribution in [0.5, 0.6) is 0 Å². The van der Waals surface area contributed by atoms with Crippen molar-refractivity contribution in [2.45, 2.75) is 12.5 Å². The number of hydrogen-bond acceptors (Lipinski definition) is 3. The first-order chi connectivity index (χ1) is 7.65. The van der Waals surface area contributed by atoms with Crippen molar-refractivity contribution >= 4 is 27.5 Å². The van der Waals surface area contributed by atoms with E-state index in [0.29, 0.717) is 6.54 Å². The van der Waals surface area contributed by atoms with E-state index in [2.05, 4.69) is 21.2 Å². The number of ether oxygens (including phenoxy) is 1. The van der Waals surface area contributed by atoms with Gasteiger partial charge in [-0.2, -0.15) is 0 Å². The van der Waals surface area contributed by atoms with Crippen molar-refractivity contribution in [1.82, 2.24) is 0 Å². The molecule has 4 nitrogen and oxygen atoms in total. The summed E-state index contributed by atoms with van der Waals surface area (Å²) >= 11 is 3.33. The highest BCUT2D eigenvalue weighted by Crippen LogP contribution is 2.15. The fraction of sp³-hybridized carbons (Fsp3) is 0.364. The van der Waals surface area contributed by atoms with Crippen molar-refractivity contribution in [2.24, 2.45) is 5.73 Å². The number of hydrogen-bond donors (Lipinski definition) is 2. The van der Waals surface area contributed by atoms with E-state index in [0.717, 1.165) is 10.2 Å². The molecule has 16 heavy (non-hydrogen) atoms. The first-order valence-corrected chi connectivity index (χ1v) is 5.73. The van der Waals surface area contributed by atoms with E-state index in [-0.39, 0.29) is 18.4 Å². The summed E-state index contributed by atoms with van der Waals surface area (Å²) in [5.41, 5.74) is 6.19. The molecule has 0 spiro atoms. The molecule has 0 heterocycles. The van der Waals surface area contributed by atoms with Crippen LogP contribution in [-0.4, -0.2) is 25.7 Å². The van der Waals surface area contributed by atoms with Crippen molar-refractivity contribution in [1.29, 1.82) is 0 Å². The van der Waals surface area contributed by atoms with Gasteiger partial charge in [0, 0.05) is 23.8 Å². The Morgan fingerprint density at radius 1 is 1.62 bits per heavy atom. The lowest BCUT2D eigenvalue weighted by atomic mass is 10.2. The molecule has 0 saturated heterocycles. The molecular weight excluding hydrogens is 272 g/mol. The molecule has 1 aromatic carbocycles. The average molecular weight is 287 g/mol. The summed E-state index contributed by atoms with van der Waals surface area (Å²) in [5, 5.41) is 2.78. The molecule has 0 radical (unpaired) electrons. The molecule has 1 unspecified atom stereocenters. The lowest BCUT2D eigenvalue weighted by molar-refractivity contribution is -0.118. The summed E-state index contributed by atoms with van der Waals surface area (Å²) in [6.45, 7) is 0.336. The number of methoxy groups -OCH3 is 1. The summed E-state index contributed by atoms with van der Waals surface area (Å²) in [7, 11) is 1.55. The normalized spacial score (nSPS) is 12.2. The van der Waals surface area contributed by atoms with Gasteiger partial charge in [0.1, 0.15) is 0 Å². The number of benzene rings is 1. The van der Waals surface area contributed by atoms with Gasteiger partial charge in [-0.25, -0.2) is 0 Å². The minimum Gasteiger partial charge on any atom is -0.380 e. The number of anilines is 1. The second kappa shape index (κ2) is 6.62. The summed E-state index contributed by atoms with van der Waals surface area (Å²) in [6, 6.07) is 7.42. The van der Waals surface area contributed by atoms with Gasteiger partial charge in [0.15, 0.2) is 0 Å². The highest BCUT2D eigenvalue weighted by molar-refractivity contribution is 9.10. The summed E-state index contributed by atoms with van der Waals surface area (Å²) in [6.07, 6.45) is 0.0339. The topological polar surface area (TPSA) is 64.3 Å². The molecule has 1 rings (SSSR count). The molecule has 0 aliphatic carbocycles. The van der Waals surface area contributed by atoms with Crippen LogP contribution in [0.15, 0.2) is 28.7 Å². The Bertz CT molecular complexity index is 354. The first kappa shape index (κ1) is 13.2. The van der Waals surface area contributed by atoms with Crippen LogP contribution in [0.3, 0.4) is 0 Å². The summed E-state index contributed by atoms with van der Waals surface area (Å²) in [4.78, 5) is 11.6. The Kier molecular flexibility index (Phi) is 5.45. The van der Waals surface area contributed by atoms with Crippen molar-refractivity contribution in [3.05, 3.63) is 28.7 Å². The first-order valence-electron chi connectivity index (χ1n) is 4.94. The molecule has 0 aliphatic heterocycles. The van der Waals surface area contributed by atoms with E-state index < -0.39 is 0 Å². The van der Waals surface area contributed by atoms with E-state index in [4.69, 9.17) is 10.5 Å². The molecule has 5 heteroatoms. The van der Waals surface area contributed by atoms with E-state index >= 15 is 0 Å². The van der Waals surface area contributed by atoms with Gasteiger partial charge in [-0.3, -0.25) is 4.79 Å². The van der Waals surface area contributed by atoms with Crippen LogP contribution in [0.2, 0.25) is 0 Å². The second-order valence-electron chi connectivity index (χ2n) is 3.36. The molecule has 0 bridgehead atoms. The largest absolute Gasteiger partial charge is 0.380 e. The fourth-order valence-corrected chi connectivity index (χ4v) is 1.65. The van der Waals surface area contributed by atoms with Crippen LogP contribution in [0.4, 0.5) is 5.69 Å². The smallest absolute Gasteiger partial charge is 0.227 e. The van der Waals surface area contributed by atoms with Gasteiger partial charge >= 0.3 is 0 Å². The van der Waals surface area contributed by atoms with Crippen molar-refractivity contribution in [3.63, 3.8) is 0 Å². The van der Waals surface area contributed by atoms with Gasteiger partial charge in [-0.05, 0) is 18.2 Å². The van der Waals surface area contributed by atoms with Gasteiger partial charge in [-0.15, -0.1) is 0 Å². The maximum absolute atomic E-state index is 11.6. The molecule has 3 N–H and O–H groups in total. The van der Waals surface area contributed by atoms with Crippen molar-refractivity contribution in [2.75, 3.05) is 19.0 Å². The van der Waals surface area contributed by atoms with Crippen molar-refractivity contribution < 1.29 is 9.53 Å². The SMILES string of the molecule is COC(CN)CC(=O)Nc1cccc(Br)c1. The molecule has 0 fully saturated rings. The fourth-order valence-electron chi connectivity index (χ4n) is 1.25. The highest BCUT2D eigenvalue weighted by atomic mass is 79.9. The Morgan fingerprint density at radius 3 is 2.94 bits per heavy atom. The summed E-state index contributed by atoms with van der Waals surface area (Å²) in [5.74, 6) is -0.101. The maximum Gasteiger partial charge on any atom is 0.227 e. The number of carbonyl (C=O) groups is 1. The number of carbonyl (C=O) groups excluding carboxylic acids is 1. The number of nitrogens with one attached hydrogen (secondary N) is 1. The monoisotopic (exact) mass is 286 g/mol. The van der Waals surface area contributed by atoms with Gasteiger partial charge in [0.2, 0.25) is 5.91 Å². The molecule has 1 aromatic rings. The van der Waals surface area contributed by atoms with Crippen LogP contribution in [0.1, 0.15) is 6.42 Å². The lowest BCUT2D eigenvalue weighted by Crippen LogP contribution is -2.28. The zero-order chi connectivity index (χ0) is 12.0. The predicted octanol–water partition coefficient (Wildman–Crippen LogP) is 1.75. The molecular formula is C11H15BrN2O2. The van der Waals surface area contributed by atoms with Crippen molar-refractivity contribution in [3.8, 4) is 0 Å². The van der Waals surface area contributed by atoms with Crippen LogP contribution < -0.4 is 11.1 Å². The average Bonchev–Trinajstić information content (AvgIpc) is 2.26. The lowest BCUT2D eigenvalue weighted by Gasteiger charge is -2.12. The molecule has 88 valence electrons. The van der Waals surface area contributed by atoms with Crippen LogP contribution in [0, 0.1) is 0 Å². The predicted molar refractivity (Wildman–Crippen MR) is 67.2 cm³/mol. The van der Waals surface area contributed by atoms with Crippen LogP contribution in [-0.2, 0) is 9.53 Å². The van der Waals surface area contributed by atoms with E-state index in [1.165, 1.54) is 0 Å². The minimum atomic E-state index is -0.229. The second-order valence-corrected chi connectivity index (χ2v) is 4.27. The number of amides is 1. The van der Waals surface area contributed by atoms with Crippen LogP contribution >= 0.6 is 15.9 Å². The third-order valence-corrected chi connectivity index (χ3v) is 2.61. The molecule has 1 atom stereocenters. The molecule has 1 amide bonds. The minimum absolute atomic E-state index is 0.101. The van der Waals surface area contributed by atoms with Crippen LogP contribution in [0.25, 0.3) is 0 Å². The van der Waals surface area contributed by atoms with E-state index in [1.807, 2.05) is 24.3 Å². The number of rotatable bonds is 5.